The van der Waals surface area contributed by atoms with Crippen LogP contribution in [0.1, 0.15) is 18.1 Å². The molecule has 1 N–H and O–H groups in total. The number of nitrogens with one attached hydrogen (secondary N) is 1. The molecule has 0 aromatic heterocycles. The minimum Gasteiger partial charge on any atom is -0.490 e. The molecule has 0 aliphatic rings. The third-order valence-electron chi connectivity index (χ3n) is 3.18. The summed E-state index contributed by atoms with van der Waals surface area (Å²) in [5.74, 6) is 1.81. The van der Waals surface area contributed by atoms with Gasteiger partial charge in [0.1, 0.15) is 24.7 Å². The molecule has 21 heavy (non-hydrogen) atoms. The van der Waals surface area contributed by atoms with Gasteiger partial charge in [0.15, 0.2) is 0 Å². The molecule has 0 atom stereocenters. The molecular formula is C18H23NO2. The number of aryl methyl sites for hydroxylation is 1. The molecule has 0 saturated heterocycles. The van der Waals surface area contributed by atoms with Crippen LogP contribution in [0.25, 0.3) is 0 Å². The molecular weight excluding hydrogens is 262 g/mol. The second kappa shape index (κ2) is 8.32. The van der Waals surface area contributed by atoms with E-state index in [0.717, 1.165) is 30.2 Å². The lowest BCUT2D eigenvalue weighted by Gasteiger charge is -2.11. The van der Waals surface area contributed by atoms with Gasteiger partial charge in [0, 0.05) is 6.54 Å². The van der Waals surface area contributed by atoms with Crippen molar-refractivity contribution in [2.24, 2.45) is 0 Å². The zero-order valence-corrected chi connectivity index (χ0v) is 12.8. The fourth-order valence-corrected chi connectivity index (χ4v) is 2.04. The monoisotopic (exact) mass is 285 g/mol. The summed E-state index contributed by atoms with van der Waals surface area (Å²) in [5, 5.41) is 3.31. The molecule has 3 nitrogen and oxygen atoms in total. The van der Waals surface area contributed by atoms with Crippen molar-refractivity contribution in [2.75, 3.05) is 19.8 Å². The number of benzene rings is 2. The normalized spacial score (nSPS) is 10.4. The first-order valence-electron chi connectivity index (χ1n) is 7.40. The van der Waals surface area contributed by atoms with E-state index in [2.05, 4.69) is 24.4 Å². The van der Waals surface area contributed by atoms with Gasteiger partial charge in [-0.05, 0) is 42.8 Å². The van der Waals surface area contributed by atoms with Crippen molar-refractivity contribution < 1.29 is 9.47 Å². The Bertz CT molecular complexity index is 554. The van der Waals surface area contributed by atoms with Crippen LogP contribution in [0, 0.1) is 6.92 Å². The molecule has 0 bridgehead atoms. The maximum atomic E-state index is 5.74. The van der Waals surface area contributed by atoms with Crippen LogP contribution < -0.4 is 14.8 Å². The molecule has 0 saturated carbocycles. The van der Waals surface area contributed by atoms with Crippen molar-refractivity contribution in [3.8, 4) is 11.5 Å². The number of para-hydroxylation sites is 1. The first-order chi connectivity index (χ1) is 10.3. The Morgan fingerprint density at radius 3 is 2.57 bits per heavy atom. The highest BCUT2D eigenvalue weighted by molar-refractivity contribution is 5.31. The van der Waals surface area contributed by atoms with Crippen molar-refractivity contribution in [1.82, 2.24) is 5.32 Å². The van der Waals surface area contributed by atoms with Gasteiger partial charge in [-0.15, -0.1) is 0 Å². The largest absolute Gasteiger partial charge is 0.490 e. The molecule has 0 spiro atoms. The Hall–Kier alpha value is -2.00. The van der Waals surface area contributed by atoms with Gasteiger partial charge in [0.25, 0.3) is 0 Å². The third-order valence-corrected chi connectivity index (χ3v) is 3.18. The Balaban J connectivity index is 1.77. The Kier molecular flexibility index (Phi) is 6.10. The van der Waals surface area contributed by atoms with Crippen LogP contribution in [0.3, 0.4) is 0 Å². The number of hydrogen-bond acceptors (Lipinski definition) is 3. The summed E-state index contributed by atoms with van der Waals surface area (Å²) in [5.41, 5.74) is 2.37. The molecule has 2 aromatic rings. The minimum atomic E-state index is 0.541. The van der Waals surface area contributed by atoms with Gasteiger partial charge in [0.05, 0.1) is 0 Å². The summed E-state index contributed by atoms with van der Waals surface area (Å²) in [7, 11) is 0. The van der Waals surface area contributed by atoms with E-state index in [1.807, 2.05) is 43.3 Å². The predicted molar refractivity (Wildman–Crippen MR) is 86.0 cm³/mol. The van der Waals surface area contributed by atoms with E-state index in [0.29, 0.717) is 13.2 Å². The first-order valence-corrected chi connectivity index (χ1v) is 7.40. The highest BCUT2D eigenvalue weighted by Crippen LogP contribution is 2.16. The van der Waals surface area contributed by atoms with E-state index in [-0.39, 0.29) is 0 Å². The Labute approximate surface area is 126 Å². The highest BCUT2D eigenvalue weighted by Gasteiger charge is 1.99. The summed E-state index contributed by atoms with van der Waals surface area (Å²) in [6, 6.07) is 16.2. The molecule has 112 valence electrons. The zero-order valence-electron chi connectivity index (χ0n) is 12.8. The van der Waals surface area contributed by atoms with Crippen LogP contribution in [-0.4, -0.2) is 19.8 Å². The van der Waals surface area contributed by atoms with Crippen LogP contribution in [0.2, 0.25) is 0 Å². The summed E-state index contributed by atoms with van der Waals surface area (Å²) < 4.78 is 11.5. The SMILES string of the molecule is CCNCc1cccc(OCCOc2ccccc2C)c1. The van der Waals surface area contributed by atoms with Gasteiger partial charge in [-0.25, -0.2) is 0 Å². The van der Waals surface area contributed by atoms with Crippen molar-refractivity contribution >= 4 is 0 Å². The second-order valence-corrected chi connectivity index (χ2v) is 4.89. The van der Waals surface area contributed by atoms with Crippen LogP contribution in [0.5, 0.6) is 11.5 Å². The number of hydrogen-bond donors (Lipinski definition) is 1. The molecule has 0 fully saturated rings. The van der Waals surface area contributed by atoms with Gasteiger partial charge >= 0.3 is 0 Å². The van der Waals surface area contributed by atoms with Crippen LogP contribution in [-0.2, 0) is 6.54 Å². The number of ether oxygens (including phenoxy) is 2. The molecule has 3 heteroatoms. The van der Waals surface area contributed by atoms with Gasteiger partial charge < -0.3 is 14.8 Å². The van der Waals surface area contributed by atoms with Crippen LogP contribution >= 0.6 is 0 Å². The average Bonchev–Trinajstić information content (AvgIpc) is 2.51. The minimum absolute atomic E-state index is 0.541. The fourth-order valence-electron chi connectivity index (χ4n) is 2.04. The van der Waals surface area contributed by atoms with Crippen LogP contribution in [0.15, 0.2) is 48.5 Å². The maximum absolute atomic E-state index is 5.74. The van der Waals surface area contributed by atoms with Gasteiger partial charge in [-0.2, -0.15) is 0 Å². The summed E-state index contributed by atoms with van der Waals surface area (Å²) >= 11 is 0. The zero-order chi connectivity index (χ0) is 14.9. The topological polar surface area (TPSA) is 30.5 Å². The van der Waals surface area contributed by atoms with E-state index in [1.165, 1.54) is 5.56 Å². The fraction of sp³-hybridized carbons (Fsp3) is 0.333. The van der Waals surface area contributed by atoms with Crippen molar-refractivity contribution in [1.29, 1.82) is 0 Å². The maximum Gasteiger partial charge on any atom is 0.122 e. The van der Waals surface area contributed by atoms with E-state index in [9.17, 15) is 0 Å². The quantitative estimate of drug-likeness (QED) is 0.752. The van der Waals surface area contributed by atoms with Crippen molar-refractivity contribution in [3.05, 3.63) is 59.7 Å². The third kappa shape index (κ3) is 5.12. The van der Waals surface area contributed by atoms with Crippen LogP contribution in [0.4, 0.5) is 0 Å². The van der Waals surface area contributed by atoms with Gasteiger partial charge in [0.2, 0.25) is 0 Å². The van der Waals surface area contributed by atoms with E-state index in [1.54, 1.807) is 0 Å². The lowest BCUT2D eigenvalue weighted by atomic mass is 10.2. The molecule has 0 aliphatic heterocycles. The highest BCUT2D eigenvalue weighted by atomic mass is 16.5. The Morgan fingerprint density at radius 2 is 1.76 bits per heavy atom. The summed E-state index contributed by atoms with van der Waals surface area (Å²) in [6.45, 7) is 7.06. The molecule has 2 rings (SSSR count). The molecule has 0 heterocycles. The molecule has 2 aromatic carbocycles. The Morgan fingerprint density at radius 1 is 0.952 bits per heavy atom. The van der Waals surface area contributed by atoms with Gasteiger partial charge in [-0.3, -0.25) is 0 Å². The molecule has 0 amide bonds. The van der Waals surface area contributed by atoms with Gasteiger partial charge in [-0.1, -0.05) is 37.3 Å². The predicted octanol–water partition coefficient (Wildman–Crippen LogP) is 3.56. The second-order valence-electron chi connectivity index (χ2n) is 4.89. The lowest BCUT2D eigenvalue weighted by Crippen LogP contribution is -2.12. The number of rotatable bonds is 8. The van der Waals surface area contributed by atoms with E-state index in [4.69, 9.17) is 9.47 Å². The molecule has 0 unspecified atom stereocenters. The lowest BCUT2D eigenvalue weighted by molar-refractivity contribution is 0.216. The summed E-state index contributed by atoms with van der Waals surface area (Å²) in [6.07, 6.45) is 0. The van der Waals surface area contributed by atoms with E-state index < -0.39 is 0 Å². The van der Waals surface area contributed by atoms with Crippen molar-refractivity contribution in [2.45, 2.75) is 20.4 Å². The van der Waals surface area contributed by atoms with Crippen molar-refractivity contribution in [3.63, 3.8) is 0 Å². The average molecular weight is 285 g/mol. The standard InChI is InChI=1S/C18H23NO2/c1-3-19-14-16-8-6-9-17(13-16)20-11-12-21-18-10-5-4-7-15(18)2/h4-10,13,19H,3,11-12,14H2,1-2H3. The van der Waals surface area contributed by atoms with E-state index >= 15 is 0 Å². The smallest absolute Gasteiger partial charge is 0.122 e. The first kappa shape index (κ1) is 15.4. The molecule has 0 aliphatic carbocycles. The summed E-state index contributed by atoms with van der Waals surface area (Å²) in [4.78, 5) is 0. The molecule has 0 radical (unpaired) electrons.